The van der Waals surface area contributed by atoms with Crippen LogP contribution in [0.25, 0.3) is 21.1 Å². The Bertz CT molecular complexity index is 1920. The van der Waals surface area contributed by atoms with E-state index in [1.807, 2.05) is 18.2 Å². The largest absolute Gasteiger partial charge is 0.490 e. The Morgan fingerprint density at radius 3 is 2.57 bits per heavy atom. The number of benzene rings is 2. The number of carbonyl (C=O) groups is 1. The van der Waals surface area contributed by atoms with Gasteiger partial charge in [0.25, 0.3) is 10.0 Å². The van der Waals surface area contributed by atoms with E-state index in [2.05, 4.69) is 32.4 Å². The summed E-state index contributed by atoms with van der Waals surface area (Å²) in [7, 11) is -3.67. The zero-order chi connectivity index (χ0) is 29.9. The molecule has 3 aromatic heterocycles. The van der Waals surface area contributed by atoms with E-state index in [4.69, 9.17) is 9.90 Å². The summed E-state index contributed by atoms with van der Waals surface area (Å²) in [5.41, 5.74) is 2.27. The van der Waals surface area contributed by atoms with Crippen LogP contribution in [0.3, 0.4) is 0 Å². The number of aromatic nitrogens is 3. The van der Waals surface area contributed by atoms with E-state index in [-0.39, 0.29) is 10.9 Å². The van der Waals surface area contributed by atoms with Gasteiger partial charge < -0.3 is 15.7 Å². The van der Waals surface area contributed by atoms with E-state index < -0.39 is 22.2 Å². The van der Waals surface area contributed by atoms with Crippen LogP contribution in [-0.4, -0.2) is 52.2 Å². The first kappa shape index (κ1) is 29.1. The summed E-state index contributed by atoms with van der Waals surface area (Å²) in [6, 6.07) is 18.1. The summed E-state index contributed by atoms with van der Waals surface area (Å²) < 4.78 is 60.2. The molecule has 9 nitrogen and oxygen atoms in total. The molecule has 1 atom stereocenters. The molecule has 5 aromatic rings. The third-order valence-corrected chi connectivity index (χ3v) is 8.95. The maximum absolute atomic E-state index is 13.1. The molecule has 3 N–H and O–H groups in total. The van der Waals surface area contributed by atoms with Crippen molar-refractivity contribution in [3.05, 3.63) is 78.1 Å². The maximum Gasteiger partial charge on any atom is 0.490 e. The van der Waals surface area contributed by atoms with Gasteiger partial charge in [0, 0.05) is 17.3 Å². The first-order valence-electron chi connectivity index (χ1n) is 12.5. The molecule has 1 aliphatic heterocycles. The number of nitrogens with one attached hydrogen (secondary N) is 2. The van der Waals surface area contributed by atoms with Crippen molar-refractivity contribution in [1.29, 1.82) is 0 Å². The predicted molar refractivity (Wildman–Crippen MR) is 153 cm³/mol. The molecule has 0 bridgehead atoms. The molecule has 1 aliphatic rings. The van der Waals surface area contributed by atoms with Gasteiger partial charge in [-0.3, -0.25) is 0 Å². The topological polar surface area (TPSA) is 126 Å². The number of aliphatic carboxylic acids is 1. The second kappa shape index (κ2) is 11.8. The average Bonchev–Trinajstić information content (AvgIpc) is 3.72. The fourth-order valence-electron chi connectivity index (χ4n) is 4.22. The van der Waals surface area contributed by atoms with Gasteiger partial charge in [-0.2, -0.15) is 13.2 Å². The van der Waals surface area contributed by atoms with Crippen molar-refractivity contribution in [3.8, 4) is 11.8 Å². The molecule has 1 saturated heterocycles. The van der Waals surface area contributed by atoms with Gasteiger partial charge in [-0.15, -0.1) is 11.3 Å². The van der Waals surface area contributed by atoms with Gasteiger partial charge in [-0.1, -0.05) is 30.0 Å². The number of thiophene rings is 1. The van der Waals surface area contributed by atoms with Gasteiger partial charge in [0.15, 0.2) is 5.82 Å². The minimum atomic E-state index is -5.08. The number of rotatable bonds is 4. The Kier molecular flexibility index (Phi) is 8.17. The number of nitrogens with zero attached hydrogens (tertiary/aromatic N) is 3. The van der Waals surface area contributed by atoms with E-state index in [0.29, 0.717) is 11.3 Å². The molecule has 0 saturated carbocycles. The van der Waals surface area contributed by atoms with Crippen molar-refractivity contribution < 1.29 is 31.5 Å². The number of fused-ring (bicyclic) bond motifs is 2. The van der Waals surface area contributed by atoms with Crippen LogP contribution >= 0.6 is 11.3 Å². The Morgan fingerprint density at radius 1 is 1.12 bits per heavy atom. The number of anilines is 2. The van der Waals surface area contributed by atoms with Crippen molar-refractivity contribution in [3.63, 3.8) is 0 Å². The normalized spacial score (nSPS) is 15.1. The quantitative estimate of drug-likeness (QED) is 0.231. The Labute approximate surface area is 242 Å². The van der Waals surface area contributed by atoms with Gasteiger partial charge in [0.2, 0.25) is 0 Å². The number of carboxylic acid groups (broad SMARTS) is 1. The molecule has 2 aromatic carbocycles. The van der Waals surface area contributed by atoms with Crippen molar-refractivity contribution in [2.75, 3.05) is 11.9 Å². The lowest BCUT2D eigenvalue weighted by atomic mass is 10.2. The maximum atomic E-state index is 13.1. The van der Waals surface area contributed by atoms with Crippen LogP contribution in [0, 0.1) is 11.8 Å². The van der Waals surface area contributed by atoms with Crippen LogP contribution in [0.5, 0.6) is 0 Å². The predicted octanol–water partition coefficient (Wildman–Crippen LogP) is 5.36. The zero-order valence-corrected chi connectivity index (χ0v) is 23.2. The average molecular weight is 614 g/mol. The lowest BCUT2D eigenvalue weighted by Gasteiger charge is -2.09. The molecular weight excluding hydrogens is 591 g/mol. The second-order valence-electron chi connectivity index (χ2n) is 9.10. The molecule has 0 unspecified atom stereocenters. The standard InChI is InChI=1S/C26H21N5O2S2.C2HF3O2/c32-35(33,22-6-2-1-3-7-22)31-14-12-18-15-20(9-11-24(18)31)30-26-25-23(28-17-29-26)16-21(34-25)10-8-19-5-4-13-27-19;3-2(4,5)1(6)7/h1-3,6-7,9,11-12,14-17,19,27H,4-5,13H2,(H,28,29,30);(H,6,7)/t19-;/m1./s1. The third-order valence-electron chi connectivity index (χ3n) is 6.20. The fourth-order valence-corrected chi connectivity index (χ4v) is 6.51. The number of hydrogen-bond donors (Lipinski definition) is 3. The monoisotopic (exact) mass is 613 g/mol. The lowest BCUT2D eigenvalue weighted by Crippen LogP contribution is -2.21. The van der Waals surface area contributed by atoms with Gasteiger partial charge in [-0.05, 0) is 61.9 Å². The van der Waals surface area contributed by atoms with E-state index in [9.17, 15) is 21.6 Å². The van der Waals surface area contributed by atoms with Crippen molar-refractivity contribution in [1.82, 2.24) is 19.3 Å². The van der Waals surface area contributed by atoms with Crippen LogP contribution < -0.4 is 10.6 Å². The minimum absolute atomic E-state index is 0.253. The molecule has 216 valence electrons. The smallest absolute Gasteiger partial charge is 0.475 e. The number of carboxylic acids is 1. The molecule has 4 heterocycles. The molecule has 6 rings (SSSR count). The van der Waals surface area contributed by atoms with Crippen LogP contribution in [0.1, 0.15) is 17.7 Å². The summed E-state index contributed by atoms with van der Waals surface area (Å²) in [6.45, 7) is 1.03. The van der Waals surface area contributed by atoms with Gasteiger partial charge >= 0.3 is 12.1 Å². The summed E-state index contributed by atoms with van der Waals surface area (Å²) in [4.78, 5) is 18.9. The lowest BCUT2D eigenvalue weighted by molar-refractivity contribution is -0.192. The molecule has 0 aliphatic carbocycles. The van der Waals surface area contributed by atoms with Crippen LogP contribution in [0.15, 0.2) is 78.1 Å². The summed E-state index contributed by atoms with van der Waals surface area (Å²) in [6.07, 6.45) is 0.288. The first-order valence-corrected chi connectivity index (χ1v) is 14.8. The van der Waals surface area contributed by atoms with Crippen molar-refractivity contribution in [2.24, 2.45) is 0 Å². The summed E-state index contributed by atoms with van der Waals surface area (Å²) in [5, 5.41) is 14.7. The zero-order valence-electron chi connectivity index (χ0n) is 21.6. The van der Waals surface area contributed by atoms with Gasteiger partial charge in [0.05, 0.1) is 31.5 Å². The van der Waals surface area contributed by atoms with Crippen LogP contribution in [0.4, 0.5) is 24.7 Å². The second-order valence-corrected chi connectivity index (χ2v) is 12.0. The van der Waals surface area contributed by atoms with E-state index in [0.717, 1.165) is 45.6 Å². The van der Waals surface area contributed by atoms with Gasteiger partial charge in [0.1, 0.15) is 6.33 Å². The molecule has 1 fully saturated rings. The first-order chi connectivity index (χ1) is 20.0. The fraction of sp³-hybridized carbons (Fsp3) is 0.179. The molecule has 42 heavy (non-hydrogen) atoms. The Morgan fingerprint density at radius 2 is 1.88 bits per heavy atom. The molecule has 0 spiro atoms. The van der Waals surface area contributed by atoms with Gasteiger partial charge in [-0.25, -0.2) is 27.2 Å². The highest BCUT2D eigenvalue weighted by Crippen LogP contribution is 2.32. The highest BCUT2D eigenvalue weighted by molar-refractivity contribution is 7.90. The van der Waals surface area contributed by atoms with E-state index >= 15 is 0 Å². The third kappa shape index (κ3) is 6.38. The van der Waals surface area contributed by atoms with Crippen LogP contribution in [-0.2, 0) is 14.8 Å². The summed E-state index contributed by atoms with van der Waals surface area (Å²) in [5.74, 6) is 4.52. The summed E-state index contributed by atoms with van der Waals surface area (Å²) >= 11 is 1.56. The molecular formula is C28H22F3N5O4S2. The van der Waals surface area contributed by atoms with E-state index in [1.54, 1.807) is 60.0 Å². The number of halogens is 3. The number of alkyl halides is 3. The number of hydrogen-bond acceptors (Lipinski definition) is 8. The van der Waals surface area contributed by atoms with E-state index in [1.165, 1.54) is 10.3 Å². The molecule has 0 amide bonds. The molecule has 14 heteroatoms. The van der Waals surface area contributed by atoms with Crippen molar-refractivity contribution in [2.45, 2.75) is 30.0 Å². The molecule has 0 radical (unpaired) electrons. The van der Waals surface area contributed by atoms with Crippen molar-refractivity contribution >= 4 is 60.0 Å². The highest BCUT2D eigenvalue weighted by atomic mass is 32.2. The Balaban J connectivity index is 0.000000451. The van der Waals surface area contributed by atoms with Crippen LogP contribution in [0.2, 0.25) is 0 Å². The minimum Gasteiger partial charge on any atom is -0.475 e. The SMILES string of the molecule is O=C(O)C(F)(F)F.O=S(=O)(c1ccccc1)n1ccc2cc(Nc3ncnc4cc(C#C[C@H]5CCCN5)sc34)ccc21. The Hall–Kier alpha value is -4.45. The highest BCUT2D eigenvalue weighted by Gasteiger charge is 2.38.